The van der Waals surface area contributed by atoms with Gasteiger partial charge < -0.3 is 4.74 Å². The first kappa shape index (κ1) is 14.3. The van der Waals surface area contributed by atoms with Gasteiger partial charge in [-0.2, -0.15) is 0 Å². The second-order valence-electron chi connectivity index (χ2n) is 3.42. The number of Topliss-reactive ketones (excluding diaryl/α,β-unsaturated/α-hetero) is 1. The molecule has 3 nitrogen and oxygen atoms in total. The number of ketones is 1. The van der Waals surface area contributed by atoms with Gasteiger partial charge in [0.05, 0.1) is 17.5 Å². The van der Waals surface area contributed by atoms with E-state index in [1.165, 1.54) is 0 Å². The van der Waals surface area contributed by atoms with Crippen LogP contribution < -0.4 is 0 Å². The monoisotopic (exact) mass is 316 g/mol. The molecule has 0 spiro atoms. The molecule has 1 rings (SSSR count). The number of esters is 1. The number of ether oxygens (including phenoxy) is 1. The van der Waals surface area contributed by atoms with Crippen LogP contribution in [-0.2, 0) is 16.0 Å². The van der Waals surface area contributed by atoms with Gasteiger partial charge in [0.25, 0.3) is 0 Å². The van der Waals surface area contributed by atoms with E-state index in [9.17, 15) is 9.59 Å². The molecule has 0 heterocycles. The van der Waals surface area contributed by atoms with E-state index in [1.54, 1.807) is 25.1 Å². The fourth-order valence-electron chi connectivity index (χ4n) is 1.34. The van der Waals surface area contributed by atoms with Gasteiger partial charge in [0.15, 0.2) is 0 Å². The lowest BCUT2D eigenvalue weighted by Crippen LogP contribution is -2.07. The molecular weight excluding hydrogens is 304 g/mol. The molecule has 0 atom stereocenters. The minimum Gasteiger partial charge on any atom is -0.462 e. The number of benzene rings is 1. The first-order valence-electron chi connectivity index (χ1n) is 5.15. The maximum Gasteiger partial charge on any atom is 0.339 e. The third-order valence-corrected chi connectivity index (χ3v) is 3.10. The van der Waals surface area contributed by atoms with Crippen LogP contribution in [0.5, 0.6) is 0 Å². The molecule has 0 unspecified atom stereocenters. The Kier molecular flexibility index (Phi) is 5.71. The molecule has 92 valence electrons. The van der Waals surface area contributed by atoms with Crippen LogP contribution in [0.3, 0.4) is 0 Å². The Bertz CT molecular complexity index is 432. The molecule has 0 aliphatic rings. The van der Waals surface area contributed by atoms with E-state index in [1.807, 2.05) is 0 Å². The summed E-state index contributed by atoms with van der Waals surface area (Å²) in [7, 11) is 0. The van der Waals surface area contributed by atoms with Gasteiger partial charge in [0.2, 0.25) is 0 Å². The summed E-state index contributed by atoms with van der Waals surface area (Å²) in [4.78, 5) is 23.3. The molecule has 0 fully saturated rings. The third-order valence-electron chi connectivity index (χ3n) is 2.11. The van der Waals surface area contributed by atoms with Crippen molar-refractivity contribution in [3.05, 3.63) is 29.3 Å². The summed E-state index contributed by atoms with van der Waals surface area (Å²) in [6.45, 7) is 2.08. The van der Waals surface area contributed by atoms with Crippen molar-refractivity contribution in [2.75, 3.05) is 11.9 Å². The number of thiol groups is 1. The Balaban J connectivity index is 2.86. The van der Waals surface area contributed by atoms with Gasteiger partial charge in [0, 0.05) is 11.3 Å². The molecule has 0 aliphatic heterocycles. The van der Waals surface area contributed by atoms with E-state index < -0.39 is 5.97 Å². The lowest BCUT2D eigenvalue weighted by atomic mass is 10.1. The Labute approximate surface area is 114 Å². The molecule has 0 aliphatic carbocycles. The second-order valence-corrected chi connectivity index (χ2v) is 4.46. The van der Waals surface area contributed by atoms with Crippen LogP contribution in [-0.4, -0.2) is 23.7 Å². The highest BCUT2D eigenvalue weighted by Crippen LogP contribution is 2.18. The number of hydrogen-bond donors (Lipinski definition) is 1. The quantitative estimate of drug-likeness (QED) is 0.516. The average molecular weight is 317 g/mol. The van der Waals surface area contributed by atoms with Gasteiger partial charge in [0.1, 0.15) is 5.78 Å². The molecule has 0 bridgehead atoms. The zero-order valence-electron chi connectivity index (χ0n) is 9.40. The Morgan fingerprint density at radius 3 is 2.65 bits per heavy atom. The van der Waals surface area contributed by atoms with Gasteiger partial charge in [-0.15, -0.1) is 12.6 Å². The van der Waals surface area contributed by atoms with E-state index in [2.05, 4.69) is 28.6 Å². The smallest absolute Gasteiger partial charge is 0.339 e. The molecular formula is C12H13BrO3S. The van der Waals surface area contributed by atoms with Crippen molar-refractivity contribution >= 4 is 40.3 Å². The Morgan fingerprint density at radius 1 is 1.41 bits per heavy atom. The molecule has 17 heavy (non-hydrogen) atoms. The van der Waals surface area contributed by atoms with Crippen LogP contribution in [0.1, 0.15) is 22.8 Å². The molecule has 0 N–H and O–H groups in total. The number of carbonyl (C=O) groups is 2. The lowest BCUT2D eigenvalue weighted by Gasteiger charge is -2.06. The van der Waals surface area contributed by atoms with Crippen LogP contribution in [0.15, 0.2) is 23.1 Å². The summed E-state index contributed by atoms with van der Waals surface area (Å²) in [6, 6.07) is 5.10. The second kappa shape index (κ2) is 6.81. The fraction of sp³-hybridized carbons (Fsp3) is 0.333. The highest BCUT2D eigenvalue weighted by molar-refractivity contribution is 9.09. The van der Waals surface area contributed by atoms with Crippen LogP contribution in [0.25, 0.3) is 0 Å². The number of hydrogen-bond acceptors (Lipinski definition) is 4. The number of carbonyl (C=O) groups excluding carboxylic acids is 2. The predicted molar refractivity (Wildman–Crippen MR) is 72.2 cm³/mol. The summed E-state index contributed by atoms with van der Waals surface area (Å²) in [5, 5.41) is 0.328. The van der Waals surface area contributed by atoms with Crippen molar-refractivity contribution < 1.29 is 14.3 Å². The fourth-order valence-corrected chi connectivity index (χ4v) is 1.87. The zero-order valence-corrected chi connectivity index (χ0v) is 11.9. The topological polar surface area (TPSA) is 43.4 Å². The van der Waals surface area contributed by atoms with E-state index in [4.69, 9.17) is 4.74 Å². The van der Waals surface area contributed by atoms with E-state index in [0.29, 0.717) is 28.8 Å². The number of halogens is 1. The molecule has 0 saturated carbocycles. The van der Waals surface area contributed by atoms with Gasteiger partial charge in [-0.3, -0.25) is 4.79 Å². The first-order chi connectivity index (χ1) is 8.08. The molecule has 1 aromatic rings. The van der Waals surface area contributed by atoms with Crippen LogP contribution in [0, 0.1) is 0 Å². The minimum absolute atomic E-state index is 0.0848. The SMILES string of the molecule is CCOC(=O)c1ccc(CC(=O)CBr)cc1S. The number of alkyl halides is 1. The van der Waals surface area contributed by atoms with E-state index in [-0.39, 0.29) is 5.78 Å². The maximum absolute atomic E-state index is 11.5. The molecule has 0 radical (unpaired) electrons. The van der Waals surface area contributed by atoms with Gasteiger partial charge in [-0.25, -0.2) is 4.79 Å². The third kappa shape index (κ3) is 4.16. The largest absolute Gasteiger partial charge is 0.462 e. The summed E-state index contributed by atoms with van der Waals surface area (Å²) >= 11 is 7.33. The molecule has 1 aromatic carbocycles. The lowest BCUT2D eigenvalue weighted by molar-refractivity contribution is -0.115. The molecule has 0 saturated heterocycles. The summed E-state index contributed by atoms with van der Waals surface area (Å²) in [5.41, 5.74) is 1.26. The highest BCUT2D eigenvalue weighted by atomic mass is 79.9. The van der Waals surface area contributed by atoms with Crippen molar-refractivity contribution in [2.24, 2.45) is 0 Å². The highest BCUT2D eigenvalue weighted by Gasteiger charge is 2.11. The summed E-state index contributed by atoms with van der Waals surface area (Å²) in [6.07, 6.45) is 0.335. The van der Waals surface area contributed by atoms with Crippen LogP contribution >= 0.6 is 28.6 Å². The molecule has 5 heteroatoms. The minimum atomic E-state index is -0.393. The van der Waals surface area contributed by atoms with Crippen molar-refractivity contribution in [3.8, 4) is 0 Å². The van der Waals surface area contributed by atoms with Gasteiger partial charge in [-0.05, 0) is 24.6 Å². The standard InChI is InChI=1S/C12H13BrO3S/c1-2-16-12(15)10-4-3-8(6-11(10)17)5-9(14)7-13/h3-4,6,17H,2,5,7H2,1H3. The normalized spacial score (nSPS) is 10.1. The molecule has 0 aromatic heterocycles. The van der Waals surface area contributed by atoms with Gasteiger partial charge >= 0.3 is 5.97 Å². The maximum atomic E-state index is 11.5. The summed E-state index contributed by atoms with van der Waals surface area (Å²) < 4.78 is 4.89. The van der Waals surface area contributed by atoms with Crippen molar-refractivity contribution in [2.45, 2.75) is 18.2 Å². The van der Waals surface area contributed by atoms with Crippen molar-refractivity contribution in [3.63, 3.8) is 0 Å². The van der Waals surface area contributed by atoms with Crippen LogP contribution in [0.2, 0.25) is 0 Å². The van der Waals surface area contributed by atoms with E-state index >= 15 is 0 Å². The summed E-state index contributed by atoms with van der Waals surface area (Å²) in [5.74, 6) is -0.308. The zero-order chi connectivity index (χ0) is 12.8. The van der Waals surface area contributed by atoms with Crippen LogP contribution in [0.4, 0.5) is 0 Å². The van der Waals surface area contributed by atoms with Gasteiger partial charge in [-0.1, -0.05) is 22.0 Å². The average Bonchev–Trinajstić information content (AvgIpc) is 2.29. The Morgan fingerprint density at radius 2 is 2.12 bits per heavy atom. The Hall–Kier alpha value is -0.810. The first-order valence-corrected chi connectivity index (χ1v) is 6.72. The van der Waals surface area contributed by atoms with Crippen molar-refractivity contribution in [1.29, 1.82) is 0 Å². The van der Waals surface area contributed by atoms with E-state index in [0.717, 1.165) is 5.56 Å². The molecule has 0 amide bonds. The number of rotatable bonds is 5. The van der Waals surface area contributed by atoms with Crippen molar-refractivity contribution in [1.82, 2.24) is 0 Å². The predicted octanol–water partition coefficient (Wildman–Crippen LogP) is 2.66.